The summed E-state index contributed by atoms with van der Waals surface area (Å²) in [6.07, 6.45) is 0.287. The van der Waals surface area contributed by atoms with Crippen LogP contribution in [0.5, 0.6) is 0 Å². The number of hydrogen-bond donors (Lipinski definition) is 2. The minimum Gasteiger partial charge on any atom is -0.387 e. The van der Waals surface area contributed by atoms with Gasteiger partial charge in [0.1, 0.15) is 0 Å². The van der Waals surface area contributed by atoms with Crippen LogP contribution in [-0.2, 0) is 6.42 Å². The van der Waals surface area contributed by atoms with Crippen LogP contribution in [0.25, 0.3) is 0 Å². The second-order valence-corrected chi connectivity index (χ2v) is 4.69. The van der Waals surface area contributed by atoms with Gasteiger partial charge >= 0.3 is 0 Å². The Morgan fingerprint density at radius 3 is 2.35 bits per heavy atom. The first-order valence-electron chi connectivity index (χ1n) is 6.81. The van der Waals surface area contributed by atoms with Gasteiger partial charge in [0.25, 0.3) is 5.91 Å². The summed E-state index contributed by atoms with van der Waals surface area (Å²) < 4.78 is 0. The van der Waals surface area contributed by atoms with E-state index in [1.165, 1.54) is 5.56 Å². The van der Waals surface area contributed by atoms with E-state index in [9.17, 15) is 9.90 Å². The van der Waals surface area contributed by atoms with Crippen LogP contribution in [0, 0.1) is 0 Å². The molecule has 2 rings (SSSR count). The Labute approximate surface area is 119 Å². The van der Waals surface area contributed by atoms with Gasteiger partial charge in [-0.1, -0.05) is 49.4 Å². The normalized spacial score (nSPS) is 11.9. The van der Waals surface area contributed by atoms with Gasteiger partial charge in [-0.05, 0) is 29.7 Å². The fourth-order valence-electron chi connectivity index (χ4n) is 1.97. The molecule has 0 aliphatic carbocycles. The summed E-state index contributed by atoms with van der Waals surface area (Å²) in [7, 11) is 0. The van der Waals surface area contributed by atoms with Gasteiger partial charge in [-0.25, -0.2) is 0 Å². The zero-order valence-electron chi connectivity index (χ0n) is 11.5. The Morgan fingerprint density at radius 1 is 1.10 bits per heavy atom. The molecule has 2 N–H and O–H groups in total. The molecular weight excluding hydrogens is 250 g/mol. The Morgan fingerprint density at radius 2 is 1.75 bits per heavy atom. The predicted molar refractivity (Wildman–Crippen MR) is 79.6 cm³/mol. The highest BCUT2D eigenvalue weighted by Gasteiger charge is 2.10. The summed E-state index contributed by atoms with van der Waals surface area (Å²) in [5.74, 6) is -0.171. The summed E-state index contributed by atoms with van der Waals surface area (Å²) in [6, 6.07) is 16.8. The third-order valence-electron chi connectivity index (χ3n) is 3.26. The van der Waals surface area contributed by atoms with Crippen molar-refractivity contribution in [2.24, 2.45) is 0 Å². The number of aliphatic hydroxyl groups is 1. The average molecular weight is 269 g/mol. The van der Waals surface area contributed by atoms with Crippen molar-refractivity contribution < 1.29 is 9.90 Å². The maximum absolute atomic E-state index is 11.9. The first-order chi connectivity index (χ1) is 9.70. The van der Waals surface area contributed by atoms with E-state index in [0.717, 1.165) is 12.0 Å². The molecule has 0 radical (unpaired) electrons. The smallest absolute Gasteiger partial charge is 0.251 e. The van der Waals surface area contributed by atoms with Gasteiger partial charge in [0.15, 0.2) is 0 Å². The summed E-state index contributed by atoms with van der Waals surface area (Å²) >= 11 is 0. The van der Waals surface area contributed by atoms with Crippen molar-refractivity contribution in [2.75, 3.05) is 6.54 Å². The van der Waals surface area contributed by atoms with Gasteiger partial charge < -0.3 is 10.4 Å². The molecule has 0 saturated carbocycles. The zero-order chi connectivity index (χ0) is 14.4. The van der Waals surface area contributed by atoms with Crippen molar-refractivity contribution in [2.45, 2.75) is 19.4 Å². The molecule has 0 spiro atoms. The highest BCUT2D eigenvalue weighted by Crippen LogP contribution is 2.13. The van der Waals surface area contributed by atoms with E-state index in [1.54, 1.807) is 12.1 Å². The van der Waals surface area contributed by atoms with Gasteiger partial charge in [0.2, 0.25) is 0 Å². The highest BCUT2D eigenvalue weighted by atomic mass is 16.3. The lowest BCUT2D eigenvalue weighted by atomic mass is 10.1. The van der Waals surface area contributed by atoms with Crippen molar-refractivity contribution in [3.05, 3.63) is 71.3 Å². The van der Waals surface area contributed by atoms with Crippen molar-refractivity contribution in [1.82, 2.24) is 5.32 Å². The molecule has 0 fully saturated rings. The number of aryl methyl sites for hydroxylation is 1. The molecule has 0 aliphatic rings. The molecule has 0 saturated heterocycles. The molecule has 1 amide bonds. The maximum atomic E-state index is 11.9. The maximum Gasteiger partial charge on any atom is 0.251 e. The number of carbonyl (C=O) groups excluding carboxylic acids is 1. The molecule has 0 bridgehead atoms. The molecule has 20 heavy (non-hydrogen) atoms. The van der Waals surface area contributed by atoms with Crippen LogP contribution in [0.3, 0.4) is 0 Å². The first-order valence-corrected chi connectivity index (χ1v) is 6.81. The monoisotopic (exact) mass is 269 g/mol. The summed E-state index contributed by atoms with van der Waals surface area (Å²) in [5, 5.41) is 12.8. The van der Waals surface area contributed by atoms with Crippen LogP contribution in [-0.4, -0.2) is 17.6 Å². The third kappa shape index (κ3) is 3.68. The number of amides is 1. The largest absolute Gasteiger partial charge is 0.387 e. The molecule has 1 unspecified atom stereocenters. The second-order valence-electron chi connectivity index (χ2n) is 4.69. The number of benzene rings is 2. The number of carbonyl (C=O) groups is 1. The fourth-order valence-corrected chi connectivity index (χ4v) is 1.97. The van der Waals surface area contributed by atoms with E-state index in [0.29, 0.717) is 5.56 Å². The molecule has 2 aromatic carbocycles. The van der Waals surface area contributed by atoms with Gasteiger partial charge in [0.05, 0.1) is 6.10 Å². The molecule has 0 aliphatic heterocycles. The molecule has 2 aromatic rings. The van der Waals surface area contributed by atoms with Crippen LogP contribution in [0.1, 0.15) is 34.5 Å². The standard InChI is InChI=1S/C17H19NO2/c1-2-13-8-10-14(11-9-13)16(19)12-18-17(20)15-6-4-3-5-7-15/h3-11,16,19H,2,12H2,1H3,(H,18,20). The lowest BCUT2D eigenvalue weighted by Crippen LogP contribution is -2.28. The summed E-state index contributed by atoms with van der Waals surface area (Å²) in [4.78, 5) is 11.9. The lowest BCUT2D eigenvalue weighted by molar-refractivity contribution is 0.0916. The Balaban J connectivity index is 1.91. The van der Waals surface area contributed by atoms with E-state index in [4.69, 9.17) is 0 Å². The minimum atomic E-state index is -0.687. The zero-order valence-corrected chi connectivity index (χ0v) is 11.5. The number of rotatable bonds is 5. The van der Waals surface area contributed by atoms with Gasteiger partial charge in [-0.15, -0.1) is 0 Å². The number of hydrogen-bond acceptors (Lipinski definition) is 2. The fraction of sp³-hybridized carbons (Fsp3) is 0.235. The van der Waals surface area contributed by atoms with E-state index >= 15 is 0 Å². The molecule has 104 valence electrons. The second kappa shape index (κ2) is 6.87. The molecule has 0 aromatic heterocycles. The molecule has 3 heteroatoms. The number of aliphatic hydroxyl groups excluding tert-OH is 1. The van der Waals surface area contributed by atoms with Crippen LogP contribution in [0.4, 0.5) is 0 Å². The van der Waals surface area contributed by atoms with Crippen molar-refractivity contribution in [3.8, 4) is 0 Å². The van der Waals surface area contributed by atoms with E-state index in [1.807, 2.05) is 42.5 Å². The van der Waals surface area contributed by atoms with Crippen LogP contribution >= 0.6 is 0 Å². The van der Waals surface area contributed by atoms with Gasteiger partial charge in [-0.2, -0.15) is 0 Å². The SMILES string of the molecule is CCc1ccc(C(O)CNC(=O)c2ccccc2)cc1. The van der Waals surface area contributed by atoms with E-state index in [2.05, 4.69) is 12.2 Å². The Bertz CT molecular complexity index is 549. The molecule has 3 nitrogen and oxygen atoms in total. The third-order valence-corrected chi connectivity index (χ3v) is 3.26. The van der Waals surface area contributed by atoms with Crippen LogP contribution < -0.4 is 5.32 Å². The van der Waals surface area contributed by atoms with Gasteiger partial charge in [0, 0.05) is 12.1 Å². The van der Waals surface area contributed by atoms with Crippen molar-refractivity contribution >= 4 is 5.91 Å². The highest BCUT2D eigenvalue weighted by molar-refractivity contribution is 5.94. The summed E-state index contributed by atoms with van der Waals surface area (Å²) in [6.45, 7) is 2.30. The van der Waals surface area contributed by atoms with E-state index in [-0.39, 0.29) is 12.5 Å². The first kappa shape index (κ1) is 14.3. The average Bonchev–Trinajstić information content (AvgIpc) is 2.53. The quantitative estimate of drug-likeness (QED) is 0.876. The summed E-state index contributed by atoms with van der Waals surface area (Å²) in [5.41, 5.74) is 2.64. The van der Waals surface area contributed by atoms with Crippen molar-refractivity contribution in [3.63, 3.8) is 0 Å². The predicted octanol–water partition coefficient (Wildman–Crippen LogP) is 2.71. The topological polar surface area (TPSA) is 49.3 Å². The van der Waals surface area contributed by atoms with E-state index < -0.39 is 6.10 Å². The lowest BCUT2D eigenvalue weighted by Gasteiger charge is -2.12. The van der Waals surface area contributed by atoms with Crippen LogP contribution in [0.15, 0.2) is 54.6 Å². The number of nitrogens with one attached hydrogen (secondary N) is 1. The van der Waals surface area contributed by atoms with Gasteiger partial charge in [-0.3, -0.25) is 4.79 Å². The molecule has 1 atom stereocenters. The Kier molecular flexibility index (Phi) is 4.91. The molecular formula is C17H19NO2. The van der Waals surface area contributed by atoms with Crippen LogP contribution in [0.2, 0.25) is 0 Å². The molecule has 0 heterocycles. The van der Waals surface area contributed by atoms with Crippen molar-refractivity contribution in [1.29, 1.82) is 0 Å². The Hall–Kier alpha value is -2.13. The minimum absolute atomic E-state index is 0.171.